The third kappa shape index (κ3) is 4.77. The lowest BCUT2D eigenvalue weighted by atomic mass is 10.1. The lowest BCUT2D eigenvalue weighted by Gasteiger charge is -2.21. The lowest BCUT2D eigenvalue weighted by Crippen LogP contribution is -2.26. The lowest BCUT2D eigenvalue weighted by molar-refractivity contribution is 0.0951. The number of sulfonamides is 1. The second-order valence-corrected chi connectivity index (χ2v) is 10.3. The molecule has 160 valence electrons. The summed E-state index contributed by atoms with van der Waals surface area (Å²) in [6.45, 7) is 0.274. The van der Waals surface area contributed by atoms with Gasteiger partial charge in [0, 0.05) is 28.4 Å². The summed E-state index contributed by atoms with van der Waals surface area (Å²) in [6.07, 6.45) is 6.47. The first kappa shape index (κ1) is 21.8. The van der Waals surface area contributed by atoms with Crippen LogP contribution in [0.4, 0.5) is 5.69 Å². The number of halogens is 2. The van der Waals surface area contributed by atoms with Crippen LogP contribution in [0.5, 0.6) is 0 Å². The normalized spacial score (nSPS) is 15.0. The summed E-state index contributed by atoms with van der Waals surface area (Å²) in [5, 5.41) is 3.11. The van der Waals surface area contributed by atoms with Crippen molar-refractivity contribution in [3.05, 3.63) is 98.2 Å². The van der Waals surface area contributed by atoms with E-state index < -0.39 is 15.9 Å². The molecule has 2 aromatic rings. The number of allylic oxidation sites excluding steroid dienone is 2. The number of hydrogen-bond donors (Lipinski definition) is 3. The first-order valence-corrected chi connectivity index (χ1v) is 12.4. The summed E-state index contributed by atoms with van der Waals surface area (Å²) in [4.78, 5) is 12.9. The van der Waals surface area contributed by atoms with Crippen LogP contribution in [0.2, 0.25) is 5.02 Å². The van der Waals surface area contributed by atoms with E-state index in [1.165, 1.54) is 36.4 Å². The van der Waals surface area contributed by atoms with E-state index in [0.29, 0.717) is 10.7 Å². The van der Waals surface area contributed by atoms with Crippen LogP contribution in [0, 0.1) is 0 Å². The van der Waals surface area contributed by atoms with Gasteiger partial charge in [-0.05, 0) is 42.0 Å². The largest absolute Gasteiger partial charge is 0.348 e. The van der Waals surface area contributed by atoms with Crippen molar-refractivity contribution < 1.29 is 13.2 Å². The van der Waals surface area contributed by atoms with Crippen LogP contribution in [0.1, 0.15) is 15.9 Å². The number of benzene rings is 2. The smallest absolute Gasteiger partial charge is 0.264 e. The molecule has 0 saturated heterocycles. The molecule has 0 spiro atoms. The molecule has 0 atom stereocenters. The number of rotatable bonds is 6. The Morgan fingerprint density at radius 2 is 2.03 bits per heavy atom. The zero-order chi connectivity index (χ0) is 22.0. The maximum absolute atomic E-state index is 13.1. The highest BCUT2D eigenvalue weighted by molar-refractivity contribution is 9.10. The zero-order valence-electron chi connectivity index (χ0n) is 15.8. The zero-order valence-corrected chi connectivity index (χ0v) is 19.8. The van der Waals surface area contributed by atoms with Gasteiger partial charge >= 0.3 is 0 Å². The SMILES string of the molecule is O=C(NCc1ccccc1Br)c1ccc(Cl)cc1NS(=O)(=O)C1=CC=CN2SNC=C12. The van der Waals surface area contributed by atoms with Crippen LogP contribution < -0.4 is 14.8 Å². The van der Waals surface area contributed by atoms with Crippen molar-refractivity contribution >= 4 is 61.3 Å². The van der Waals surface area contributed by atoms with Gasteiger partial charge < -0.3 is 10.0 Å². The van der Waals surface area contributed by atoms with Gasteiger partial charge in [-0.15, -0.1) is 0 Å². The molecule has 0 unspecified atom stereocenters. The number of anilines is 1. The second kappa shape index (κ2) is 8.99. The first-order valence-electron chi connectivity index (χ1n) is 9.00. The maximum Gasteiger partial charge on any atom is 0.264 e. The van der Waals surface area contributed by atoms with E-state index in [9.17, 15) is 13.2 Å². The van der Waals surface area contributed by atoms with Gasteiger partial charge in [0.1, 0.15) is 4.91 Å². The van der Waals surface area contributed by atoms with E-state index in [1.54, 1.807) is 22.8 Å². The maximum atomic E-state index is 13.1. The molecule has 0 aromatic heterocycles. The van der Waals surface area contributed by atoms with E-state index in [-0.39, 0.29) is 22.7 Å². The van der Waals surface area contributed by atoms with Gasteiger partial charge in [0.2, 0.25) is 0 Å². The number of fused-ring (bicyclic) bond motifs is 1. The van der Waals surface area contributed by atoms with E-state index >= 15 is 0 Å². The standard InChI is InChI=1S/C20H16BrClN4O3S2/c21-16-5-2-1-4-13(16)11-23-20(27)15-8-7-14(22)10-17(15)25-31(28,29)19-6-3-9-26-18(19)12-24-30-26/h1-10,12,24-25H,11H2,(H,23,27). The van der Waals surface area contributed by atoms with Gasteiger partial charge in [-0.2, -0.15) is 0 Å². The first-order chi connectivity index (χ1) is 14.8. The molecule has 31 heavy (non-hydrogen) atoms. The topological polar surface area (TPSA) is 90.5 Å². The molecule has 7 nitrogen and oxygen atoms in total. The van der Waals surface area contributed by atoms with Crippen LogP contribution in [0.15, 0.2) is 82.1 Å². The monoisotopic (exact) mass is 538 g/mol. The molecular weight excluding hydrogens is 524 g/mol. The summed E-state index contributed by atoms with van der Waals surface area (Å²) in [7, 11) is -3.99. The van der Waals surface area contributed by atoms with Gasteiger partial charge in [0.25, 0.3) is 15.9 Å². The summed E-state index contributed by atoms with van der Waals surface area (Å²) in [5.41, 5.74) is 1.64. The molecule has 0 radical (unpaired) electrons. The summed E-state index contributed by atoms with van der Waals surface area (Å²) in [6, 6.07) is 12.0. The number of nitrogens with one attached hydrogen (secondary N) is 3. The van der Waals surface area contributed by atoms with Crippen molar-refractivity contribution in [2.75, 3.05) is 4.72 Å². The van der Waals surface area contributed by atoms with E-state index in [2.05, 4.69) is 30.7 Å². The molecule has 3 N–H and O–H groups in total. The highest BCUT2D eigenvalue weighted by Gasteiger charge is 2.30. The molecule has 2 aliphatic heterocycles. The Morgan fingerprint density at radius 1 is 1.23 bits per heavy atom. The Hall–Kier alpha value is -2.40. The van der Waals surface area contributed by atoms with Crippen LogP contribution in [-0.4, -0.2) is 18.6 Å². The molecule has 2 heterocycles. The van der Waals surface area contributed by atoms with Gasteiger partial charge in [-0.25, -0.2) is 8.42 Å². The Balaban J connectivity index is 1.58. The molecule has 0 bridgehead atoms. The number of nitrogens with zero attached hydrogens (tertiary/aromatic N) is 1. The number of hydrogen-bond acceptors (Lipinski definition) is 6. The average molecular weight is 540 g/mol. The Bertz CT molecular complexity index is 1240. The van der Waals surface area contributed by atoms with Gasteiger partial charge in [-0.1, -0.05) is 45.7 Å². The van der Waals surface area contributed by atoms with Crippen LogP contribution in [0.25, 0.3) is 0 Å². The van der Waals surface area contributed by atoms with Crippen molar-refractivity contribution in [3.8, 4) is 0 Å². The molecule has 2 aromatic carbocycles. The average Bonchev–Trinajstić information content (AvgIpc) is 3.21. The molecule has 4 rings (SSSR count). The molecule has 2 aliphatic rings. The minimum absolute atomic E-state index is 0.0760. The minimum Gasteiger partial charge on any atom is -0.348 e. The van der Waals surface area contributed by atoms with Crippen molar-refractivity contribution in [1.29, 1.82) is 0 Å². The molecule has 11 heteroatoms. The molecular formula is C20H16BrClN4O3S2. The second-order valence-electron chi connectivity index (χ2n) is 6.51. The number of carbonyl (C=O) groups is 1. The fourth-order valence-corrected chi connectivity index (χ4v) is 5.55. The number of carbonyl (C=O) groups excluding carboxylic acids is 1. The quantitative estimate of drug-likeness (QED) is 0.469. The van der Waals surface area contributed by atoms with Crippen molar-refractivity contribution in [2.24, 2.45) is 0 Å². The Morgan fingerprint density at radius 3 is 2.84 bits per heavy atom. The molecule has 0 fully saturated rings. The van der Waals surface area contributed by atoms with E-state index in [1.807, 2.05) is 24.3 Å². The van der Waals surface area contributed by atoms with Crippen LogP contribution >= 0.6 is 39.7 Å². The van der Waals surface area contributed by atoms with Crippen LogP contribution in [-0.2, 0) is 16.6 Å². The fraction of sp³-hybridized carbons (Fsp3) is 0.0500. The third-order valence-corrected chi connectivity index (χ3v) is 7.62. The Kier molecular flexibility index (Phi) is 6.33. The van der Waals surface area contributed by atoms with E-state index in [4.69, 9.17) is 11.6 Å². The Labute approximate surface area is 197 Å². The number of amides is 1. The summed E-state index contributed by atoms with van der Waals surface area (Å²) >= 11 is 10.8. The van der Waals surface area contributed by atoms with Crippen molar-refractivity contribution in [3.63, 3.8) is 0 Å². The predicted octanol–water partition coefficient (Wildman–Crippen LogP) is 4.50. The summed E-state index contributed by atoms with van der Waals surface area (Å²) < 4.78 is 34.2. The van der Waals surface area contributed by atoms with Gasteiger partial charge in [-0.3, -0.25) is 13.8 Å². The summed E-state index contributed by atoms with van der Waals surface area (Å²) in [5.74, 6) is -0.429. The molecule has 0 aliphatic carbocycles. The van der Waals surface area contributed by atoms with Crippen molar-refractivity contribution in [1.82, 2.24) is 14.3 Å². The van der Waals surface area contributed by atoms with Gasteiger partial charge in [0.15, 0.2) is 0 Å². The van der Waals surface area contributed by atoms with Crippen molar-refractivity contribution in [2.45, 2.75) is 6.54 Å². The fourth-order valence-electron chi connectivity index (χ4n) is 2.97. The molecule has 1 amide bonds. The van der Waals surface area contributed by atoms with E-state index in [0.717, 1.165) is 10.0 Å². The van der Waals surface area contributed by atoms with Crippen LogP contribution in [0.3, 0.4) is 0 Å². The highest BCUT2D eigenvalue weighted by atomic mass is 79.9. The minimum atomic E-state index is -3.99. The molecule has 0 saturated carbocycles. The third-order valence-electron chi connectivity index (χ3n) is 4.46. The highest BCUT2D eigenvalue weighted by Crippen LogP contribution is 2.34. The predicted molar refractivity (Wildman–Crippen MR) is 127 cm³/mol. The van der Waals surface area contributed by atoms with Gasteiger partial charge in [0.05, 0.1) is 29.1 Å².